The van der Waals surface area contributed by atoms with Gasteiger partial charge in [-0.15, -0.1) is 10.2 Å². The molecular weight excluding hydrogens is 428 g/mol. The van der Waals surface area contributed by atoms with Gasteiger partial charge in [-0.3, -0.25) is 9.20 Å². The van der Waals surface area contributed by atoms with Crippen molar-refractivity contribution in [2.24, 2.45) is 0 Å². The quantitative estimate of drug-likeness (QED) is 0.389. The molecule has 1 amide bonds. The van der Waals surface area contributed by atoms with Crippen LogP contribution in [0.5, 0.6) is 5.75 Å². The molecule has 8 nitrogen and oxygen atoms in total. The number of nitrogens with zero attached hydrogens (tertiary/aromatic N) is 6. The summed E-state index contributed by atoms with van der Waals surface area (Å²) in [7, 11) is 0. The van der Waals surface area contributed by atoms with Crippen LogP contribution in [-0.4, -0.2) is 41.5 Å². The summed E-state index contributed by atoms with van der Waals surface area (Å²) in [5, 5.41) is 8.70. The molecule has 8 heteroatoms. The summed E-state index contributed by atoms with van der Waals surface area (Å²) < 4.78 is 9.91. The van der Waals surface area contributed by atoms with Crippen LogP contribution in [0.3, 0.4) is 0 Å². The molecule has 1 unspecified atom stereocenters. The SMILES string of the molecule is O=C(Cn1c(COc2ccccc2)nc2ccccc21)N1CCCC1c1nnc2ccccn12. The number of pyridine rings is 1. The number of carbonyl (C=O) groups is 1. The van der Waals surface area contributed by atoms with Crippen molar-refractivity contribution in [2.75, 3.05) is 6.54 Å². The second-order valence-corrected chi connectivity index (χ2v) is 8.44. The highest BCUT2D eigenvalue weighted by Gasteiger charge is 2.33. The molecule has 1 aliphatic rings. The van der Waals surface area contributed by atoms with Gasteiger partial charge < -0.3 is 14.2 Å². The van der Waals surface area contributed by atoms with Gasteiger partial charge in [-0.1, -0.05) is 36.4 Å². The highest BCUT2D eigenvalue weighted by molar-refractivity contribution is 5.81. The molecular formula is C26H24N6O2. The average Bonchev–Trinajstić information content (AvgIpc) is 3.60. The number of fused-ring (bicyclic) bond motifs is 2. The lowest BCUT2D eigenvalue weighted by Gasteiger charge is -2.24. The van der Waals surface area contributed by atoms with E-state index in [0.29, 0.717) is 6.54 Å². The number of carbonyl (C=O) groups excluding carboxylic acids is 1. The summed E-state index contributed by atoms with van der Waals surface area (Å²) >= 11 is 0. The smallest absolute Gasteiger partial charge is 0.243 e. The largest absolute Gasteiger partial charge is 0.486 e. The minimum absolute atomic E-state index is 0.0410. The van der Waals surface area contributed by atoms with Crippen molar-refractivity contribution < 1.29 is 9.53 Å². The van der Waals surface area contributed by atoms with E-state index in [4.69, 9.17) is 9.72 Å². The maximum atomic E-state index is 13.6. The Morgan fingerprint density at radius 2 is 1.79 bits per heavy atom. The summed E-state index contributed by atoms with van der Waals surface area (Å²) in [6.07, 6.45) is 3.76. The van der Waals surface area contributed by atoms with Gasteiger partial charge in [-0.2, -0.15) is 0 Å². The third-order valence-electron chi connectivity index (χ3n) is 6.35. The summed E-state index contributed by atoms with van der Waals surface area (Å²) in [5.74, 6) is 2.34. The first kappa shape index (κ1) is 20.4. The minimum atomic E-state index is -0.0938. The topological polar surface area (TPSA) is 77.6 Å². The standard InChI is InChI=1S/C26H24N6O2/c33-25(30-16-8-13-22(30)26-29-28-23-14-6-7-15-31(23)26)17-32-21-12-5-4-11-20(21)27-24(32)18-34-19-9-2-1-3-10-19/h1-7,9-12,14-15,22H,8,13,16-18H2. The van der Waals surface area contributed by atoms with Crippen LogP contribution in [0.15, 0.2) is 79.0 Å². The zero-order chi connectivity index (χ0) is 22.9. The second-order valence-electron chi connectivity index (χ2n) is 8.44. The lowest BCUT2D eigenvalue weighted by molar-refractivity contribution is -0.132. The van der Waals surface area contributed by atoms with Crippen molar-refractivity contribution in [2.45, 2.75) is 32.0 Å². The van der Waals surface area contributed by atoms with Gasteiger partial charge in [-0.05, 0) is 49.2 Å². The average molecular weight is 453 g/mol. The number of rotatable bonds is 6. The molecule has 1 fully saturated rings. The van der Waals surface area contributed by atoms with Crippen LogP contribution < -0.4 is 4.74 Å². The number of aromatic nitrogens is 5. The van der Waals surface area contributed by atoms with Crippen LogP contribution in [0, 0.1) is 0 Å². The second kappa shape index (κ2) is 8.62. The van der Waals surface area contributed by atoms with Crippen molar-refractivity contribution in [3.63, 3.8) is 0 Å². The molecule has 1 aliphatic heterocycles. The van der Waals surface area contributed by atoms with Crippen LogP contribution in [0.1, 0.15) is 30.5 Å². The van der Waals surface area contributed by atoms with Crippen molar-refractivity contribution >= 4 is 22.6 Å². The Labute approximate surface area is 196 Å². The molecule has 0 bridgehead atoms. The fourth-order valence-electron chi connectivity index (χ4n) is 4.72. The first-order valence-electron chi connectivity index (χ1n) is 11.5. The van der Waals surface area contributed by atoms with E-state index >= 15 is 0 Å². The Bertz CT molecular complexity index is 1460. The van der Waals surface area contributed by atoms with Gasteiger partial charge in [0.15, 0.2) is 11.5 Å². The number of para-hydroxylation sites is 3. The van der Waals surface area contributed by atoms with E-state index in [0.717, 1.165) is 46.9 Å². The zero-order valence-corrected chi connectivity index (χ0v) is 18.6. The number of benzene rings is 2. The van der Waals surface area contributed by atoms with Gasteiger partial charge >= 0.3 is 0 Å². The van der Waals surface area contributed by atoms with E-state index in [1.165, 1.54) is 0 Å². The molecule has 0 N–H and O–H groups in total. The fourth-order valence-corrected chi connectivity index (χ4v) is 4.72. The maximum Gasteiger partial charge on any atom is 0.243 e. The van der Waals surface area contributed by atoms with Crippen LogP contribution >= 0.6 is 0 Å². The molecule has 170 valence electrons. The number of hydrogen-bond donors (Lipinski definition) is 0. The Kier molecular flexibility index (Phi) is 5.18. The normalized spacial score (nSPS) is 15.9. The number of imidazole rings is 1. The first-order valence-corrected chi connectivity index (χ1v) is 11.5. The number of hydrogen-bond acceptors (Lipinski definition) is 5. The van der Waals surface area contributed by atoms with Gasteiger partial charge in [-0.25, -0.2) is 4.98 Å². The lowest BCUT2D eigenvalue weighted by Crippen LogP contribution is -2.34. The predicted molar refractivity (Wildman–Crippen MR) is 127 cm³/mol. The molecule has 0 radical (unpaired) electrons. The van der Waals surface area contributed by atoms with Gasteiger partial charge in [0, 0.05) is 12.7 Å². The van der Waals surface area contributed by atoms with E-state index in [-0.39, 0.29) is 25.1 Å². The molecule has 6 rings (SSSR count). The molecule has 2 aromatic carbocycles. The summed E-state index contributed by atoms with van der Waals surface area (Å²) in [6.45, 7) is 1.18. The van der Waals surface area contributed by atoms with Crippen LogP contribution in [0.2, 0.25) is 0 Å². The Hall–Kier alpha value is -4.20. The molecule has 0 spiro atoms. The predicted octanol–water partition coefficient (Wildman–Crippen LogP) is 4.02. The first-order chi connectivity index (χ1) is 16.8. The molecule has 34 heavy (non-hydrogen) atoms. The summed E-state index contributed by atoms with van der Waals surface area (Å²) in [5.41, 5.74) is 2.56. The van der Waals surface area contributed by atoms with E-state index in [1.807, 2.05) is 92.9 Å². The highest BCUT2D eigenvalue weighted by Crippen LogP contribution is 2.31. The van der Waals surface area contributed by atoms with E-state index in [2.05, 4.69) is 10.2 Å². The number of likely N-dealkylation sites (tertiary alicyclic amines) is 1. The maximum absolute atomic E-state index is 13.6. The fraction of sp³-hybridized carbons (Fsp3) is 0.231. The molecule has 0 aliphatic carbocycles. The molecule has 1 saturated heterocycles. The van der Waals surface area contributed by atoms with Crippen molar-refractivity contribution in [3.8, 4) is 5.75 Å². The van der Waals surface area contributed by atoms with Crippen molar-refractivity contribution in [3.05, 3.63) is 90.6 Å². The van der Waals surface area contributed by atoms with Gasteiger partial charge in [0.25, 0.3) is 0 Å². The lowest BCUT2D eigenvalue weighted by atomic mass is 10.2. The third kappa shape index (κ3) is 3.67. The molecule has 3 aromatic heterocycles. The Morgan fingerprint density at radius 3 is 2.71 bits per heavy atom. The molecule has 5 aromatic rings. The molecule has 1 atom stereocenters. The highest BCUT2D eigenvalue weighted by atomic mass is 16.5. The van der Waals surface area contributed by atoms with Crippen LogP contribution in [-0.2, 0) is 17.9 Å². The monoisotopic (exact) mass is 452 g/mol. The Morgan fingerprint density at radius 1 is 0.971 bits per heavy atom. The summed E-state index contributed by atoms with van der Waals surface area (Å²) in [6, 6.07) is 23.2. The van der Waals surface area contributed by atoms with Gasteiger partial charge in [0.1, 0.15) is 24.7 Å². The van der Waals surface area contributed by atoms with Gasteiger partial charge in [0.05, 0.1) is 17.1 Å². The van der Waals surface area contributed by atoms with E-state index in [1.54, 1.807) is 0 Å². The number of ether oxygens (including phenoxy) is 1. The van der Waals surface area contributed by atoms with Crippen LogP contribution in [0.4, 0.5) is 0 Å². The van der Waals surface area contributed by atoms with E-state index < -0.39 is 0 Å². The number of amides is 1. The van der Waals surface area contributed by atoms with Crippen molar-refractivity contribution in [1.29, 1.82) is 0 Å². The van der Waals surface area contributed by atoms with Crippen molar-refractivity contribution in [1.82, 2.24) is 29.0 Å². The van der Waals surface area contributed by atoms with Crippen LogP contribution in [0.25, 0.3) is 16.7 Å². The minimum Gasteiger partial charge on any atom is -0.486 e. The third-order valence-corrected chi connectivity index (χ3v) is 6.35. The Balaban J connectivity index is 1.28. The molecule has 4 heterocycles. The summed E-state index contributed by atoms with van der Waals surface area (Å²) in [4.78, 5) is 20.3. The zero-order valence-electron chi connectivity index (χ0n) is 18.6. The molecule has 0 saturated carbocycles. The van der Waals surface area contributed by atoms with Gasteiger partial charge in [0.2, 0.25) is 5.91 Å². The van der Waals surface area contributed by atoms with E-state index in [9.17, 15) is 4.79 Å².